The summed E-state index contributed by atoms with van der Waals surface area (Å²) in [6.45, 7) is 1.62. The second-order valence-electron chi connectivity index (χ2n) is 2.49. The van der Waals surface area contributed by atoms with E-state index in [0.717, 1.165) is 0 Å². The number of nitrogens with zero attached hydrogens (tertiary/aromatic N) is 1. The lowest BCUT2D eigenvalue weighted by Crippen LogP contribution is -2.28. The van der Waals surface area contributed by atoms with Crippen LogP contribution in [0.2, 0.25) is 0 Å². The Kier molecular flexibility index (Phi) is 4.06. The zero-order valence-electron chi connectivity index (χ0n) is 6.77. The van der Waals surface area contributed by atoms with Gasteiger partial charge < -0.3 is 21.7 Å². The Morgan fingerprint density at radius 3 is 2.42 bits per heavy atom. The van der Waals surface area contributed by atoms with Gasteiger partial charge in [0.2, 0.25) is 0 Å². The fraction of sp³-hybridized carbons (Fsp3) is 0.667. The molecule has 0 amide bonds. The summed E-state index contributed by atoms with van der Waals surface area (Å²) in [6.07, 6.45) is -1.41. The van der Waals surface area contributed by atoms with Crippen LogP contribution in [-0.4, -0.2) is 34.3 Å². The second kappa shape index (κ2) is 4.55. The van der Waals surface area contributed by atoms with Gasteiger partial charge in [-0.15, -0.1) is 0 Å². The van der Waals surface area contributed by atoms with E-state index in [2.05, 4.69) is 4.99 Å². The number of aliphatic hydroxyl groups is 1. The first-order valence-electron chi connectivity index (χ1n) is 3.43. The molecule has 0 bridgehead atoms. The van der Waals surface area contributed by atoms with Gasteiger partial charge in [-0.05, 0) is 6.92 Å². The van der Waals surface area contributed by atoms with Crippen LogP contribution in [0.4, 0.5) is 0 Å². The summed E-state index contributed by atoms with van der Waals surface area (Å²) in [5, 5.41) is 17.2. The number of hydrogen-bond donors (Lipinski definition) is 4. The number of carboxylic acids is 1. The number of rotatable bonds is 4. The zero-order valence-corrected chi connectivity index (χ0v) is 6.77. The summed E-state index contributed by atoms with van der Waals surface area (Å²) in [5.41, 5.74) is 10.1. The average molecular weight is 175 g/mol. The highest BCUT2D eigenvalue weighted by molar-refractivity contribution is 5.76. The van der Waals surface area contributed by atoms with Crippen LogP contribution in [0, 0.1) is 0 Å². The molecule has 0 aromatic rings. The standard InChI is InChI=1S/C6H13N3O3/c1-3(9-6(7)8)2-4(10)5(11)12/h3-4,10H,2H2,1H3,(H,11,12)(H4,7,8,9). The van der Waals surface area contributed by atoms with Crippen LogP contribution in [0.3, 0.4) is 0 Å². The Morgan fingerprint density at radius 1 is 1.58 bits per heavy atom. The van der Waals surface area contributed by atoms with Crippen LogP contribution >= 0.6 is 0 Å². The summed E-state index contributed by atoms with van der Waals surface area (Å²) in [7, 11) is 0. The zero-order chi connectivity index (χ0) is 9.72. The van der Waals surface area contributed by atoms with E-state index in [-0.39, 0.29) is 18.4 Å². The molecule has 6 nitrogen and oxygen atoms in total. The molecular weight excluding hydrogens is 162 g/mol. The van der Waals surface area contributed by atoms with Gasteiger partial charge in [0.25, 0.3) is 0 Å². The average Bonchev–Trinajstić information content (AvgIpc) is 1.84. The predicted molar refractivity (Wildman–Crippen MR) is 43.5 cm³/mol. The number of guanidine groups is 1. The van der Waals surface area contributed by atoms with Gasteiger partial charge in [-0.1, -0.05) is 0 Å². The van der Waals surface area contributed by atoms with Gasteiger partial charge in [-0.25, -0.2) is 4.79 Å². The van der Waals surface area contributed by atoms with Gasteiger partial charge >= 0.3 is 5.97 Å². The molecule has 12 heavy (non-hydrogen) atoms. The third kappa shape index (κ3) is 4.51. The molecule has 0 aromatic heterocycles. The number of aliphatic carboxylic acids is 1. The van der Waals surface area contributed by atoms with Gasteiger partial charge in [-0.2, -0.15) is 0 Å². The van der Waals surface area contributed by atoms with Gasteiger partial charge in [0.15, 0.2) is 12.1 Å². The first-order valence-corrected chi connectivity index (χ1v) is 3.43. The maximum atomic E-state index is 10.2. The lowest BCUT2D eigenvalue weighted by Gasteiger charge is -2.08. The molecule has 0 radical (unpaired) electrons. The van der Waals surface area contributed by atoms with Crippen LogP contribution in [0.5, 0.6) is 0 Å². The molecule has 2 unspecified atom stereocenters. The highest BCUT2D eigenvalue weighted by atomic mass is 16.4. The number of aliphatic imine (C=N–C) groups is 1. The van der Waals surface area contributed by atoms with Crippen molar-refractivity contribution >= 4 is 11.9 Å². The summed E-state index contributed by atoms with van der Waals surface area (Å²) in [6, 6.07) is -0.388. The van der Waals surface area contributed by atoms with E-state index in [0.29, 0.717) is 0 Å². The highest BCUT2D eigenvalue weighted by Crippen LogP contribution is 2.01. The Labute approximate surface area is 69.9 Å². The fourth-order valence-electron chi connectivity index (χ4n) is 0.731. The van der Waals surface area contributed by atoms with Gasteiger partial charge in [0.1, 0.15) is 0 Å². The molecule has 0 aliphatic carbocycles. The van der Waals surface area contributed by atoms with Crippen LogP contribution in [0.25, 0.3) is 0 Å². The molecule has 0 saturated heterocycles. The summed E-state index contributed by atoms with van der Waals surface area (Å²) >= 11 is 0. The van der Waals surface area contributed by atoms with Crippen molar-refractivity contribution in [1.29, 1.82) is 0 Å². The lowest BCUT2D eigenvalue weighted by atomic mass is 10.1. The molecule has 0 aromatic carbocycles. The minimum atomic E-state index is -1.41. The molecule has 0 aliphatic heterocycles. The molecule has 6 heteroatoms. The number of aliphatic hydroxyl groups excluding tert-OH is 1. The first-order chi connectivity index (χ1) is 5.43. The van der Waals surface area contributed by atoms with Crippen LogP contribution in [-0.2, 0) is 4.79 Å². The molecule has 0 heterocycles. The molecule has 0 aliphatic rings. The highest BCUT2D eigenvalue weighted by Gasteiger charge is 2.16. The Bertz CT molecular complexity index is 188. The van der Waals surface area contributed by atoms with Crippen LogP contribution in [0.15, 0.2) is 4.99 Å². The van der Waals surface area contributed by atoms with Gasteiger partial charge in [-0.3, -0.25) is 4.99 Å². The monoisotopic (exact) mass is 175 g/mol. The minimum Gasteiger partial charge on any atom is -0.479 e. The maximum Gasteiger partial charge on any atom is 0.332 e. The number of carbonyl (C=O) groups is 1. The molecule has 2 atom stereocenters. The van der Waals surface area contributed by atoms with E-state index in [4.69, 9.17) is 21.7 Å². The quantitative estimate of drug-likeness (QED) is 0.305. The Balaban J connectivity index is 3.92. The topological polar surface area (TPSA) is 122 Å². The lowest BCUT2D eigenvalue weighted by molar-refractivity contribution is -0.147. The van der Waals surface area contributed by atoms with Crippen molar-refractivity contribution in [1.82, 2.24) is 0 Å². The van der Waals surface area contributed by atoms with Gasteiger partial charge in [0.05, 0.1) is 6.04 Å². The fourth-order valence-corrected chi connectivity index (χ4v) is 0.731. The normalized spacial score (nSPS) is 14.8. The van der Waals surface area contributed by atoms with E-state index in [9.17, 15) is 4.79 Å². The molecule has 0 fully saturated rings. The van der Waals surface area contributed by atoms with E-state index in [1.165, 1.54) is 0 Å². The molecule has 6 N–H and O–H groups in total. The molecule has 0 saturated carbocycles. The van der Waals surface area contributed by atoms with Crippen molar-refractivity contribution in [2.45, 2.75) is 25.5 Å². The number of carboxylic acid groups (broad SMARTS) is 1. The Morgan fingerprint density at radius 2 is 2.08 bits per heavy atom. The first kappa shape index (κ1) is 10.7. The largest absolute Gasteiger partial charge is 0.479 e. The van der Waals surface area contributed by atoms with Crippen molar-refractivity contribution < 1.29 is 15.0 Å². The smallest absolute Gasteiger partial charge is 0.332 e. The van der Waals surface area contributed by atoms with E-state index < -0.39 is 12.1 Å². The van der Waals surface area contributed by atoms with E-state index in [1.807, 2.05) is 0 Å². The van der Waals surface area contributed by atoms with Crippen molar-refractivity contribution in [2.75, 3.05) is 0 Å². The van der Waals surface area contributed by atoms with E-state index >= 15 is 0 Å². The Hall–Kier alpha value is -1.30. The van der Waals surface area contributed by atoms with Crippen molar-refractivity contribution in [3.8, 4) is 0 Å². The number of hydrogen-bond acceptors (Lipinski definition) is 3. The SMILES string of the molecule is CC(CC(O)C(=O)O)N=C(N)N. The molecule has 0 rings (SSSR count). The molecule has 0 spiro atoms. The van der Waals surface area contributed by atoms with Gasteiger partial charge in [0, 0.05) is 6.42 Å². The van der Waals surface area contributed by atoms with E-state index in [1.54, 1.807) is 6.92 Å². The summed E-state index contributed by atoms with van der Waals surface area (Å²) < 4.78 is 0. The summed E-state index contributed by atoms with van der Waals surface area (Å²) in [4.78, 5) is 13.8. The van der Waals surface area contributed by atoms with Crippen molar-refractivity contribution in [3.05, 3.63) is 0 Å². The molecular formula is C6H13N3O3. The predicted octanol–water partition coefficient (Wildman–Crippen LogP) is -1.52. The maximum absolute atomic E-state index is 10.2. The van der Waals surface area contributed by atoms with Crippen molar-refractivity contribution in [3.63, 3.8) is 0 Å². The second-order valence-corrected chi connectivity index (χ2v) is 2.49. The summed E-state index contributed by atoms with van der Waals surface area (Å²) in [5.74, 6) is -1.38. The minimum absolute atomic E-state index is 0.00718. The third-order valence-electron chi connectivity index (χ3n) is 1.22. The molecule has 70 valence electrons. The third-order valence-corrected chi connectivity index (χ3v) is 1.22. The van der Waals surface area contributed by atoms with Crippen LogP contribution < -0.4 is 11.5 Å². The van der Waals surface area contributed by atoms with Crippen molar-refractivity contribution in [2.24, 2.45) is 16.5 Å². The van der Waals surface area contributed by atoms with Crippen LogP contribution in [0.1, 0.15) is 13.3 Å². The number of nitrogens with two attached hydrogens (primary N) is 2.